The van der Waals surface area contributed by atoms with Gasteiger partial charge in [-0.2, -0.15) is 0 Å². The third-order valence-corrected chi connectivity index (χ3v) is 4.87. The van der Waals surface area contributed by atoms with E-state index in [1.165, 1.54) is 6.07 Å². The van der Waals surface area contributed by atoms with Crippen LogP contribution in [0.1, 0.15) is 11.1 Å². The first-order valence-electron chi connectivity index (χ1n) is 9.13. The molecule has 1 aliphatic rings. The Balaban J connectivity index is 1.45. The molecule has 142 valence electrons. The number of halogens is 1. The summed E-state index contributed by atoms with van der Waals surface area (Å²) in [6.45, 7) is 4.13. The molecule has 1 N–H and O–H groups in total. The van der Waals surface area contributed by atoms with Crippen LogP contribution in [-0.2, 0) is 16.0 Å². The molecule has 1 heterocycles. The molecule has 0 saturated carbocycles. The van der Waals surface area contributed by atoms with Crippen molar-refractivity contribution in [1.29, 1.82) is 0 Å². The zero-order valence-electron chi connectivity index (χ0n) is 15.5. The Morgan fingerprint density at radius 3 is 2.37 bits per heavy atom. The Labute approximate surface area is 158 Å². The Hall–Kier alpha value is -2.89. The topological polar surface area (TPSA) is 52.7 Å². The molecule has 2 aromatic rings. The van der Waals surface area contributed by atoms with Crippen LogP contribution in [0.5, 0.6) is 0 Å². The number of benzene rings is 2. The van der Waals surface area contributed by atoms with Gasteiger partial charge in [-0.05, 0) is 30.2 Å². The first-order chi connectivity index (χ1) is 13.0. The highest BCUT2D eigenvalue weighted by Crippen LogP contribution is 2.20. The molecule has 0 atom stereocenters. The molecule has 2 aromatic carbocycles. The normalized spacial score (nSPS) is 14.1. The van der Waals surface area contributed by atoms with Crippen LogP contribution in [0.2, 0.25) is 0 Å². The fourth-order valence-corrected chi connectivity index (χ4v) is 3.23. The van der Waals surface area contributed by atoms with Crippen molar-refractivity contribution in [2.24, 2.45) is 0 Å². The number of carbonyl (C=O) groups excluding carboxylic acids is 2. The molecule has 3 rings (SSSR count). The average molecular weight is 369 g/mol. The Morgan fingerprint density at radius 1 is 1.00 bits per heavy atom. The molecular weight excluding hydrogens is 345 g/mol. The SMILES string of the molecule is Cc1ccccc1CC(=O)NCC(=O)N1CCN(c2ccccc2F)CC1. The lowest BCUT2D eigenvalue weighted by molar-refractivity contribution is -0.133. The van der Waals surface area contributed by atoms with Crippen LogP contribution in [0.4, 0.5) is 10.1 Å². The number of aryl methyl sites for hydroxylation is 1. The van der Waals surface area contributed by atoms with Gasteiger partial charge in [-0.3, -0.25) is 9.59 Å². The van der Waals surface area contributed by atoms with E-state index >= 15 is 0 Å². The molecular formula is C21H24FN3O2. The van der Waals surface area contributed by atoms with E-state index in [-0.39, 0.29) is 30.6 Å². The highest BCUT2D eigenvalue weighted by molar-refractivity contribution is 5.86. The van der Waals surface area contributed by atoms with Crippen molar-refractivity contribution in [3.8, 4) is 0 Å². The molecule has 6 heteroatoms. The maximum Gasteiger partial charge on any atom is 0.242 e. The smallest absolute Gasteiger partial charge is 0.242 e. The summed E-state index contributed by atoms with van der Waals surface area (Å²) in [5.74, 6) is -0.523. The number of anilines is 1. The minimum absolute atomic E-state index is 0.00951. The van der Waals surface area contributed by atoms with Gasteiger partial charge in [-0.1, -0.05) is 36.4 Å². The lowest BCUT2D eigenvalue weighted by Gasteiger charge is -2.36. The van der Waals surface area contributed by atoms with E-state index in [9.17, 15) is 14.0 Å². The van der Waals surface area contributed by atoms with E-state index in [4.69, 9.17) is 0 Å². The number of para-hydroxylation sites is 1. The van der Waals surface area contributed by atoms with E-state index in [0.717, 1.165) is 11.1 Å². The van der Waals surface area contributed by atoms with Gasteiger partial charge in [0.05, 0.1) is 18.7 Å². The number of nitrogens with zero attached hydrogens (tertiary/aromatic N) is 2. The van der Waals surface area contributed by atoms with Crippen molar-refractivity contribution in [2.75, 3.05) is 37.6 Å². The summed E-state index contributed by atoms with van der Waals surface area (Å²) in [5, 5.41) is 2.70. The predicted molar refractivity (Wildman–Crippen MR) is 103 cm³/mol. The zero-order chi connectivity index (χ0) is 19.2. The van der Waals surface area contributed by atoms with Gasteiger partial charge in [-0.15, -0.1) is 0 Å². The van der Waals surface area contributed by atoms with Gasteiger partial charge in [0.25, 0.3) is 0 Å². The number of rotatable bonds is 5. The average Bonchev–Trinajstić information content (AvgIpc) is 2.68. The molecule has 0 aliphatic carbocycles. The summed E-state index contributed by atoms with van der Waals surface area (Å²) in [6.07, 6.45) is 0.265. The zero-order valence-corrected chi connectivity index (χ0v) is 15.5. The van der Waals surface area contributed by atoms with Crippen molar-refractivity contribution < 1.29 is 14.0 Å². The number of amides is 2. The fourth-order valence-electron chi connectivity index (χ4n) is 3.23. The van der Waals surface area contributed by atoms with Crippen molar-refractivity contribution >= 4 is 17.5 Å². The Bertz CT molecular complexity index is 817. The van der Waals surface area contributed by atoms with Gasteiger partial charge >= 0.3 is 0 Å². The maximum absolute atomic E-state index is 13.9. The third-order valence-electron chi connectivity index (χ3n) is 4.87. The van der Waals surface area contributed by atoms with Crippen LogP contribution < -0.4 is 10.2 Å². The predicted octanol–water partition coefficient (Wildman–Crippen LogP) is 2.14. The highest BCUT2D eigenvalue weighted by Gasteiger charge is 2.22. The molecule has 0 aromatic heterocycles. The van der Waals surface area contributed by atoms with E-state index < -0.39 is 0 Å². The summed E-state index contributed by atoms with van der Waals surface area (Å²) in [4.78, 5) is 28.1. The van der Waals surface area contributed by atoms with Crippen LogP contribution in [0.15, 0.2) is 48.5 Å². The second-order valence-electron chi connectivity index (χ2n) is 6.70. The van der Waals surface area contributed by atoms with Crippen molar-refractivity contribution in [2.45, 2.75) is 13.3 Å². The van der Waals surface area contributed by atoms with Gasteiger partial charge < -0.3 is 15.1 Å². The number of hydrogen-bond donors (Lipinski definition) is 1. The summed E-state index contributed by atoms with van der Waals surface area (Å²) < 4.78 is 13.9. The molecule has 0 unspecified atom stereocenters. The number of hydrogen-bond acceptors (Lipinski definition) is 3. The van der Waals surface area contributed by atoms with Crippen molar-refractivity contribution in [3.05, 3.63) is 65.5 Å². The van der Waals surface area contributed by atoms with E-state index in [1.807, 2.05) is 36.1 Å². The summed E-state index contributed by atoms with van der Waals surface area (Å²) >= 11 is 0. The van der Waals surface area contributed by atoms with E-state index in [2.05, 4.69) is 5.32 Å². The van der Waals surface area contributed by atoms with Crippen LogP contribution in [0.25, 0.3) is 0 Å². The lowest BCUT2D eigenvalue weighted by atomic mass is 10.1. The summed E-state index contributed by atoms with van der Waals surface area (Å²) in [7, 11) is 0. The Morgan fingerprint density at radius 2 is 1.67 bits per heavy atom. The lowest BCUT2D eigenvalue weighted by Crippen LogP contribution is -2.51. The van der Waals surface area contributed by atoms with Crippen LogP contribution in [-0.4, -0.2) is 49.4 Å². The molecule has 2 amide bonds. The first-order valence-corrected chi connectivity index (χ1v) is 9.13. The maximum atomic E-state index is 13.9. The van der Waals surface area contributed by atoms with Crippen LogP contribution in [0, 0.1) is 12.7 Å². The van der Waals surface area contributed by atoms with E-state index in [0.29, 0.717) is 31.9 Å². The van der Waals surface area contributed by atoms with Crippen molar-refractivity contribution in [1.82, 2.24) is 10.2 Å². The number of nitrogens with one attached hydrogen (secondary N) is 1. The van der Waals surface area contributed by atoms with Gasteiger partial charge in [0, 0.05) is 26.2 Å². The molecule has 0 bridgehead atoms. The summed E-state index contributed by atoms with van der Waals surface area (Å²) in [5.41, 5.74) is 2.58. The van der Waals surface area contributed by atoms with Gasteiger partial charge in [0.2, 0.25) is 11.8 Å². The molecule has 0 radical (unpaired) electrons. The third kappa shape index (κ3) is 4.84. The summed E-state index contributed by atoms with van der Waals surface area (Å²) in [6, 6.07) is 14.4. The number of piperazine rings is 1. The Kier molecular flexibility index (Phi) is 6.06. The van der Waals surface area contributed by atoms with Gasteiger partial charge in [0.1, 0.15) is 5.82 Å². The largest absolute Gasteiger partial charge is 0.366 e. The quantitative estimate of drug-likeness (QED) is 0.879. The second kappa shape index (κ2) is 8.66. The minimum Gasteiger partial charge on any atom is -0.366 e. The highest BCUT2D eigenvalue weighted by atomic mass is 19.1. The molecule has 1 saturated heterocycles. The number of carbonyl (C=O) groups is 2. The van der Waals surface area contributed by atoms with Crippen molar-refractivity contribution in [3.63, 3.8) is 0 Å². The van der Waals surface area contributed by atoms with E-state index in [1.54, 1.807) is 23.1 Å². The standard InChI is InChI=1S/C21H24FN3O2/c1-16-6-2-3-7-17(16)14-20(26)23-15-21(27)25-12-10-24(11-13-25)19-9-5-4-8-18(19)22/h2-9H,10-15H2,1H3,(H,23,26). The molecule has 1 aliphatic heterocycles. The van der Waals surface area contributed by atoms with Gasteiger partial charge in [0.15, 0.2) is 0 Å². The molecule has 1 fully saturated rings. The van der Waals surface area contributed by atoms with Gasteiger partial charge in [-0.25, -0.2) is 4.39 Å². The fraction of sp³-hybridized carbons (Fsp3) is 0.333. The molecule has 27 heavy (non-hydrogen) atoms. The van der Waals surface area contributed by atoms with Crippen LogP contribution in [0.3, 0.4) is 0 Å². The first kappa shape index (κ1) is 18.9. The second-order valence-corrected chi connectivity index (χ2v) is 6.70. The van der Waals surface area contributed by atoms with Crippen LogP contribution >= 0.6 is 0 Å². The monoisotopic (exact) mass is 369 g/mol. The molecule has 0 spiro atoms. The minimum atomic E-state index is -0.249. The molecule has 5 nitrogen and oxygen atoms in total.